The number of hydrogen-bond donors (Lipinski definition) is 1. The first kappa shape index (κ1) is 17.7. The molecule has 3 rings (SSSR count). The molecule has 0 spiro atoms. The minimum atomic E-state index is -3.68. The molecule has 1 aliphatic heterocycles. The lowest BCUT2D eigenvalue weighted by Crippen LogP contribution is -2.44. The number of hydrogen-bond acceptors (Lipinski definition) is 8. The second kappa shape index (κ2) is 7.42. The van der Waals surface area contributed by atoms with Gasteiger partial charge >= 0.3 is 6.01 Å². The number of sulfonamides is 1. The summed E-state index contributed by atoms with van der Waals surface area (Å²) in [5.74, 6) is -0.299. The molecule has 0 radical (unpaired) electrons. The summed E-state index contributed by atoms with van der Waals surface area (Å²) in [7, 11) is -3.68. The molecule has 2 aromatic rings. The van der Waals surface area contributed by atoms with Crippen LogP contribution in [0.15, 0.2) is 28.9 Å². The van der Waals surface area contributed by atoms with Crippen molar-refractivity contribution < 1.29 is 17.9 Å². The van der Waals surface area contributed by atoms with Gasteiger partial charge in [-0.1, -0.05) is 11.3 Å². The summed E-state index contributed by atoms with van der Waals surface area (Å²) in [5.41, 5.74) is 0. The van der Waals surface area contributed by atoms with Gasteiger partial charge in [-0.3, -0.25) is 4.79 Å². The largest absolute Gasteiger partial charge is 0.459 e. The Kier molecular flexibility index (Phi) is 5.25. The molecule has 134 valence electrons. The van der Waals surface area contributed by atoms with Crippen LogP contribution in [0, 0.1) is 0 Å². The average Bonchev–Trinajstić information content (AvgIpc) is 3.04. The number of nitrogens with one attached hydrogen (secondary N) is 1. The summed E-state index contributed by atoms with van der Waals surface area (Å²) >= 11 is 0.929. The lowest BCUT2D eigenvalue weighted by Gasteiger charge is -2.30. The molecule has 25 heavy (non-hydrogen) atoms. The fourth-order valence-corrected chi connectivity index (χ4v) is 5.17. The average molecular weight is 383 g/mol. The second-order valence-corrected chi connectivity index (χ2v) is 8.64. The van der Waals surface area contributed by atoms with Gasteiger partial charge in [0.15, 0.2) is 9.34 Å². The van der Waals surface area contributed by atoms with Gasteiger partial charge in [0.1, 0.15) is 6.10 Å². The highest BCUT2D eigenvalue weighted by atomic mass is 32.2. The lowest BCUT2D eigenvalue weighted by molar-refractivity contribution is -0.114. The van der Waals surface area contributed by atoms with E-state index >= 15 is 0 Å². The molecule has 1 N–H and O–H groups in total. The Bertz CT molecular complexity index is 840. The number of carbonyl (C=O) groups is 1. The number of anilines is 1. The van der Waals surface area contributed by atoms with Crippen LogP contribution in [-0.4, -0.2) is 52.8 Å². The molecule has 2 aromatic heterocycles. The maximum atomic E-state index is 12.8. The van der Waals surface area contributed by atoms with Crippen LogP contribution >= 0.6 is 11.3 Å². The van der Waals surface area contributed by atoms with Crippen molar-refractivity contribution >= 4 is 32.4 Å². The zero-order valence-electron chi connectivity index (χ0n) is 13.5. The monoisotopic (exact) mass is 383 g/mol. The zero-order chi connectivity index (χ0) is 17.9. The van der Waals surface area contributed by atoms with Gasteiger partial charge in [-0.25, -0.2) is 23.4 Å². The first-order chi connectivity index (χ1) is 11.9. The van der Waals surface area contributed by atoms with Crippen molar-refractivity contribution in [3.63, 3.8) is 0 Å². The molecule has 3 heterocycles. The molecule has 1 unspecified atom stereocenters. The van der Waals surface area contributed by atoms with Crippen LogP contribution in [0.4, 0.5) is 5.13 Å². The number of ether oxygens (including phenoxy) is 1. The molecule has 1 saturated heterocycles. The van der Waals surface area contributed by atoms with Crippen LogP contribution in [-0.2, 0) is 14.8 Å². The SMILES string of the molecule is CC(=O)Nc1ncc(S(=O)(=O)N2CCCC(Oc3ncccn3)C2)s1. The molecule has 1 atom stereocenters. The fourth-order valence-electron chi connectivity index (χ4n) is 2.43. The van der Waals surface area contributed by atoms with Crippen molar-refractivity contribution in [1.82, 2.24) is 19.3 Å². The van der Waals surface area contributed by atoms with Gasteiger partial charge < -0.3 is 10.1 Å². The number of piperidine rings is 1. The van der Waals surface area contributed by atoms with Crippen LogP contribution < -0.4 is 10.1 Å². The van der Waals surface area contributed by atoms with E-state index in [2.05, 4.69) is 20.3 Å². The standard InChI is InChI=1S/C14H17N5O4S2/c1-10(20)18-14-17-8-12(24-14)25(21,22)19-7-2-4-11(9-19)23-13-15-5-3-6-16-13/h3,5-6,8,11H,2,4,7,9H2,1H3,(H,17,18,20). The first-order valence-corrected chi connectivity index (χ1v) is 9.88. The van der Waals surface area contributed by atoms with Gasteiger partial charge in [0, 0.05) is 25.9 Å². The summed E-state index contributed by atoms with van der Waals surface area (Å²) in [6.07, 6.45) is 5.49. The summed E-state index contributed by atoms with van der Waals surface area (Å²) in [4.78, 5) is 23.0. The van der Waals surface area contributed by atoms with E-state index in [1.165, 1.54) is 17.4 Å². The van der Waals surface area contributed by atoms with Crippen LogP contribution in [0.1, 0.15) is 19.8 Å². The highest BCUT2D eigenvalue weighted by molar-refractivity contribution is 7.91. The highest BCUT2D eigenvalue weighted by Crippen LogP contribution is 2.28. The van der Waals surface area contributed by atoms with E-state index in [1.54, 1.807) is 18.5 Å². The summed E-state index contributed by atoms with van der Waals surface area (Å²) in [6, 6.07) is 1.92. The summed E-state index contributed by atoms with van der Waals surface area (Å²) < 4.78 is 32.7. The Hall–Kier alpha value is -2.11. The number of nitrogens with zero attached hydrogens (tertiary/aromatic N) is 4. The van der Waals surface area contributed by atoms with Crippen molar-refractivity contribution in [1.29, 1.82) is 0 Å². The van der Waals surface area contributed by atoms with E-state index in [-0.39, 0.29) is 33.9 Å². The number of aromatic nitrogens is 3. The van der Waals surface area contributed by atoms with Crippen molar-refractivity contribution in [2.45, 2.75) is 30.1 Å². The first-order valence-electron chi connectivity index (χ1n) is 7.62. The molecule has 11 heteroatoms. The number of thiazole rings is 1. The van der Waals surface area contributed by atoms with E-state index in [9.17, 15) is 13.2 Å². The normalized spacial score (nSPS) is 18.7. The van der Waals surface area contributed by atoms with E-state index in [4.69, 9.17) is 4.74 Å². The molecular weight excluding hydrogens is 366 g/mol. The quantitative estimate of drug-likeness (QED) is 0.823. The minimum Gasteiger partial charge on any atom is -0.459 e. The van der Waals surface area contributed by atoms with Crippen LogP contribution in [0.25, 0.3) is 0 Å². The Labute approximate surface area is 149 Å². The third kappa shape index (κ3) is 4.30. The van der Waals surface area contributed by atoms with Crippen molar-refractivity contribution in [3.8, 4) is 6.01 Å². The predicted molar refractivity (Wildman–Crippen MR) is 90.9 cm³/mol. The third-order valence-corrected chi connectivity index (χ3v) is 6.73. The topological polar surface area (TPSA) is 114 Å². The van der Waals surface area contributed by atoms with Gasteiger partial charge in [-0.15, -0.1) is 0 Å². The van der Waals surface area contributed by atoms with Crippen molar-refractivity contribution in [3.05, 3.63) is 24.7 Å². The molecule has 9 nitrogen and oxygen atoms in total. The molecule has 0 saturated carbocycles. The highest BCUT2D eigenvalue weighted by Gasteiger charge is 2.33. The maximum absolute atomic E-state index is 12.8. The fraction of sp³-hybridized carbons (Fsp3) is 0.429. The Morgan fingerprint density at radius 3 is 2.84 bits per heavy atom. The Morgan fingerprint density at radius 2 is 2.12 bits per heavy atom. The third-order valence-electron chi connectivity index (χ3n) is 3.52. The van der Waals surface area contributed by atoms with Gasteiger partial charge in [0.2, 0.25) is 5.91 Å². The summed E-state index contributed by atoms with van der Waals surface area (Å²) in [6.45, 7) is 1.97. The van der Waals surface area contributed by atoms with Crippen molar-refractivity contribution in [2.24, 2.45) is 0 Å². The summed E-state index contributed by atoms with van der Waals surface area (Å²) in [5, 5.41) is 2.74. The van der Waals surface area contributed by atoms with Crippen molar-refractivity contribution in [2.75, 3.05) is 18.4 Å². The second-order valence-electron chi connectivity index (χ2n) is 5.44. The van der Waals surface area contributed by atoms with E-state index < -0.39 is 10.0 Å². The van der Waals surface area contributed by atoms with Gasteiger partial charge in [0.05, 0.1) is 12.7 Å². The van der Waals surface area contributed by atoms with Crippen LogP contribution in [0.2, 0.25) is 0 Å². The van der Waals surface area contributed by atoms with E-state index in [0.29, 0.717) is 13.0 Å². The maximum Gasteiger partial charge on any atom is 0.316 e. The van der Waals surface area contributed by atoms with Gasteiger partial charge in [-0.05, 0) is 18.9 Å². The van der Waals surface area contributed by atoms with E-state index in [1.807, 2.05) is 0 Å². The smallest absolute Gasteiger partial charge is 0.316 e. The molecule has 0 bridgehead atoms. The molecule has 0 aromatic carbocycles. The van der Waals surface area contributed by atoms with Crippen LogP contribution in [0.5, 0.6) is 6.01 Å². The van der Waals surface area contributed by atoms with Gasteiger partial charge in [0.25, 0.3) is 10.0 Å². The number of carbonyl (C=O) groups excluding carboxylic acids is 1. The predicted octanol–water partition coefficient (Wildman–Crippen LogP) is 1.12. The van der Waals surface area contributed by atoms with E-state index in [0.717, 1.165) is 17.8 Å². The molecule has 1 fully saturated rings. The molecule has 1 aliphatic rings. The minimum absolute atomic E-state index is 0.0906. The van der Waals surface area contributed by atoms with Gasteiger partial charge in [-0.2, -0.15) is 4.31 Å². The van der Waals surface area contributed by atoms with Crippen LogP contribution in [0.3, 0.4) is 0 Å². The Morgan fingerprint density at radius 1 is 1.36 bits per heavy atom. The number of amides is 1. The Balaban J connectivity index is 1.71. The molecule has 1 amide bonds. The zero-order valence-corrected chi connectivity index (χ0v) is 15.1. The number of rotatable bonds is 5. The lowest BCUT2D eigenvalue weighted by atomic mass is 10.1. The molecular formula is C14H17N5O4S2. The molecule has 0 aliphatic carbocycles.